The Morgan fingerprint density at radius 2 is 2.12 bits per heavy atom. The molecule has 4 rings (SSSR count). The SMILES string of the molecule is CCn1cc(NC(=O)Cn2nc(C(F)F)c(Cl)c2C2CC2)c(C(=O)NCc2ccco2)n1. The normalized spacial score (nSPS) is 13.5. The Morgan fingerprint density at radius 3 is 2.75 bits per heavy atom. The van der Waals surface area contributed by atoms with Gasteiger partial charge in [0.25, 0.3) is 12.3 Å². The molecule has 3 aromatic heterocycles. The summed E-state index contributed by atoms with van der Waals surface area (Å²) in [7, 11) is 0. The van der Waals surface area contributed by atoms with Gasteiger partial charge in [0.1, 0.15) is 18.0 Å². The number of hydrogen-bond donors (Lipinski definition) is 2. The average molecular weight is 467 g/mol. The van der Waals surface area contributed by atoms with Gasteiger partial charge < -0.3 is 15.1 Å². The molecule has 0 radical (unpaired) electrons. The fourth-order valence-corrected chi connectivity index (χ4v) is 3.68. The van der Waals surface area contributed by atoms with Crippen LogP contribution in [0.25, 0.3) is 0 Å². The number of rotatable bonds is 9. The van der Waals surface area contributed by atoms with Gasteiger partial charge in [-0.05, 0) is 31.9 Å². The van der Waals surface area contributed by atoms with E-state index < -0.39 is 23.9 Å². The van der Waals surface area contributed by atoms with Crippen molar-refractivity contribution >= 4 is 29.1 Å². The summed E-state index contributed by atoms with van der Waals surface area (Å²) in [6.45, 7) is 2.16. The summed E-state index contributed by atoms with van der Waals surface area (Å²) in [5.74, 6) is -0.453. The summed E-state index contributed by atoms with van der Waals surface area (Å²) in [5.41, 5.74) is 0.144. The van der Waals surface area contributed by atoms with E-state index in [1.54, 1.807) is 12.1 Å². The van der Waals surface area contributed by atoms with Crippen molar-refractivity contribution in [3.63, 3.8) is 0 Å². The Labute approximate surface area is 186 Å². The molecule has 9 nitrogen and oxygen atoms in total. The Hall–Kier alpha value is -3.21. The lowest BCUT2D eigenvalue weighted by molar-refractivity contribution is -0.117. The lowest BCUT2D eigenvalue weighted by atomic mass is 10.2. The zero-order valence-electron chi connectivity index (χ0n) is 17.1. The van der Waals surface area contributed by atoms with Crippen LogP contribution in [0.2, 0.25) is 5.02 Å². The molecule has 32 heavy (non-hydrogen) atoms. The molecule has 1 aliphatic rings. The first-order chi connectivity index (χ1) is 15.4. The highest BCUT2D eigenvalue weighted by Gasteiger charge is 2.34. The van der Waals surface area contributed by atoms with Crippen LogP contribution in [0.1, 0.15) is 59.7 Å². The number of carbonyl (C=O) groups excluding carboxylic acids is 2. The van der Waals surface area contributed by atoms with Gasteiger partial charge in [-0.3, -0.25) is 19.0 Å². The van der Waals surface area contributed by atoms with Gasteiger partial charge in [0.2, 0.25) is 5.91 Å². The molecule has 1 aliphatic carbocycles. The topological polar surface area (TPSA) is 107 Å². The lowest BCUT2D eigenvalue weighted by Gasteiger charge is -2.08. The van der Waals surface area contributed by atoms with Crippen molar-refractivity contribution in [2.45, 2.75) is 51.7 Å². The molecule has 0 saturated heterocycles. The predicted molar refractivity (Wildman–Crippen MR) is 111 cm³/mol. The Kier molecular flexibility index (Phi) is 6.26. The summed E-state index contributed by atoms with van der Waals surface area (Å²) >= 11 is 6.10. The molecule has 3 heterocycles. The minimum atomic E-state index is -2.84. The lowest BCUT2D eigenvalue weighted by Crippen LogP contribution is -2.26. The van der Waals surface area contributed by atoms with Crippen molar-refractivity contribution in [3.05, 3.63) is 52.5 Å². The van der Waals surface area contributed by atoms with Crippen LogP contribution in [0.5, 0.6) is 0 Å². The van der Waals surface area contributed by atoms with Gasteiger partial charge >= 0.3 is 0 Å². The summed E-state index contributed by atoms with van der Waals surface area (Å²) in [5, 5.41) is 13.3. The van der Waals surface area contributed by atoms with Gasteiger partial charge in [0.05, 0.1) is 29.2 Å². The van der Waals surface area contributed by atoms with Gasteiger partial charge in [-0.1, -0.05) is 11.6 Å². The maximum absolute atomic E-state index is 13.2. The number of amides is 2. The molecule has 2 N–H and O–H groups in total. The Morgan fingerprint density at radius 1 is 1.34 bits per heavy atom. The van der Waals surface area contributed by atoms with Crippen LogP contribution >= 0.6 is 11.6 Å². The summed E-state index contributed by atoms with van der Waals surface area (Å²) < 4.78 is 34.4. The molecular weight excluding hydrogens is 446 g/mol. The largest absolute Gasteiger partial charge is 0.467 e. The third-order valence-electron chi connectivity index (χ3n) is 5.00. The first kappa shape index (κ1) is 22.0. The molecule has 2 amide bonds. The molecule has 12 heteroatoms. The molecule has 0 aromatic carbocycles. The van der Waals surface area contributed by atoms with E-state index in [1.807, 2.05) is 6.92 Å². The average Bonchev–Trinajstić information content (AvgIpc) is 3.16. The second-order valence-electron chi connectivity index (χ2n) is 7.37. The highest BCUT2D eigenvalue weighted by Crippen LogP contribution is 2.45. The minimum absolute atomic E-state index is 0.0149. The second kappa shape index (κ2) is 9.11. The Balaban J connectivity index is 1.49. The number of aromatic nitrogens is 4. The van der Waals surface area contributed by atoms with Gasteiger partial charge in [0, 0.05) is 18.7 Å². The molecule has 0 bridgehead atoms. The van der Waals surface area contributed by atoms with E-state index in [0.717, 1.165) is 12.8 Å². The van der Waals surface area contributed by atoms with Crippen molar-refractivity contribution in [2.75, 3.05) is 5.32 Å². The van der Waals surface area contributed by atoms with Crippen LogP contribution in [0.3, 0.4) is 0 Å². The first-order valence-corrected chi connectivity index (χ1v) is 10.5. The predicted octanol–water partition coefficient (Wildman–Crippen LogP) is 3.73. The van der Waals surface area contributed by atoms with Crippen LogP contribution in [0, 0.1) is 0 Å². The van der Waals surface area contributed by atoms with Crippen molar-refractivity contribution in [2.24, 2.45) is 0 Å². The highest BCUT2D eigenvalue weighted by atomic mass is 35.5. The van der Waals surface area contributed by atoms with E-state index >= 15 is 0 Å². The number of hydrogen-bond acceptors (Lipinski definition) is 5. The maximum Gasteiger partial charge on any atom is 0.283 e. The summed E-state index contributed by atoms with van der Waals surface area (Å²) in [4.78, 5) is 25.3. The third kappa shape index (κ3) is 4.67. The van der Waals surface area contributed by atoms with Crippen LogP contribution < -0.4 is 10.6 Å². The second-order valence-corrected chi connectivity index (χ2v) is 7.75. The van der Waals surface area contributed by atoms with E-state index in [9.17, 15) is 18.4 Å². The first-order valence-electron chi connectivity index (χ1n) is 10.1. The van der Waals surface area contributed by atoms with E-state index in [-0.39, 0.29) is 35.4 Å². The zero-order chi connectivity index (χ0) is 22.8. The number of nitrogens with zero attached hydrogens (tertiary/aromatic N) is 4. The zero-order valence-corrected chi connectivity index (χ0v) is 17.9. The number of carbonyl (C=O) groups is 2. The molecule has 0 atom stereocenters. The molecule has 1 fully saturated rings. The number of nitrogens with one attached hydrogen (secondary N) is 2. The number of alkyl halides is 2. The van der Waals surface area contributed by atoms with Crippen LogP contribution in [-0.4, -0.2) is 31.4 Å². The van der Waals surface area contributed by atoms with Crippen LogP contribution in [0.15, 0.2) is 29.0 Å². The smallest absolute Gasteiger partial charge is 0.283 e. The van der Waals surface area contributed by atoms with Gasteiger partial charge in [-0.25, -0.2) is 8.78 Å². The van der Waals surface area contributed by atoms with Crippen molar-refractivity contribution in [1.29, 1.82) is 0 Å². The van der Waals surface area contributed by atoms with E-state index in [0.29, 0.717) is 18.0 Å². The summed E-state index contributed by atoms with van der Waals surface area (Å²) in [6.07, 6.45) is 1.80. The minimum Gasteiger partial charge on any atom is -0.467 e. The quantitative estimate of drug-likeness (QED) is 0.499. The monoisotopic (exact) mass is 466 g/mol. The van der Waals surface area contributed by atoms with E-state index in [4.69, 9.17) is 16.0 Å². The van der Waals surface area contributed by atoms with Crippen molar-refractivity contribution < 1.29 is 22.8 Å². The standard InChI is InChI=1S/C20H21ClF2N6O3/c1-2-28-9-13(16(26-28)20(31)24-8-12-4-3-7-32-12)25-14(30)10-29-18(11-5-6-11)15(21)17(27-29)19(22)23/h3-4,7,9,11,19H,2,5-6,8,10H2,1H3,(H,24,31)(H,25,30). The highest BCUT2D eigenvalue weighted by molar-refractivity contribution is 6.32. The molecule has 3 aromatic rings. The number of halogens is 3. The third-order valence-corrected chi connectivity index (χ3v) is 5.39. The molecule has 1 saturated carbocycles. The summed E-state index contributed by atoms with van der Waals surface area (Å²) in [6, 6.07) is 3.42. The number of aryl methyl sites for hydroxylation is 1. The number of anilines is 1. The van der Waals surface area contributed by atoms with Crippen LogP contribution in [-0.2, 0) is 24.4 Å². The number of furan rings is 1. The van der Waals surface area contributed by atoms with Gasteiger partial charge in [-0.2, -0.15) is 10.2 Å². The van der Waals surface area contributed by atoms with Crippen molar-refractivity contribution in [1.82, 2.24) is 24.9 Å². The molecule has 0 spiro atoms. The molecule has 170 valence electrons. The van der Waals surface area contributed by atoms with Crippen molar-refractivity contribution in [3.8, 4) is 0 Å². The van der Waals surface area contributed by atoms with Gasteiger partial charge in [0.15, 0.2) is 5.69 Å². The van der Waals surface area contributed by atoms with Gasteiger partial charge in [-0.15, -0.1) is 0 Å². The van der Waals surface area contributed by atoms with Crippen LogP contribution in [0.4, 0.5) is 14.5 Å². The van der Waals surface area contributed by atoms with E-state index in [2.05, 4.69) is 20.8 Å². The molecular formula is C20H21ClF2N6O3. The van der Waals surface area contributed by atoms with E-state index in [1.165, 1.54) is 21.8 Å². The molecule has 0 aliphatic heterocycles. The maximum atomic E-state index is 13.2. The molecule has 0 unspecified atom stereocenters. The fraction of sp³-hybridized carbons (Fsp3) is 0.400. The fourth-order valence-electron chi connectivity index (χ4n) is 3.31. The Bertz CT molecular complexity index is 1120.